The minimum Gasteiger partial charge on any atom is -0.380 e. The Morgan fingerprint density at radius 3 is 2.18 bits per heavy atom. The van der Waals surface area contributed by atoms with Crippen LogP contribution in [0.25, 0.3) is 0 Å². The Bertz CT molecular complexity index is 224. The Morgan fingerprint density at radius 2 is 1.88 bits per heavy atom. The summed E-state index contributed by atoms with van der Waals surface area (Å²) in [6, 6.07) is 0.880. The second-order valence-electron chi connectivity index (χ2n) is 4.74. The van der Waals surface area contributed by atoms with Crippen LogP contribution in [0.2, 0.25) is 6.04 Å². The number of methoxy groups -OCH3 is 3. The fraction of sp³-hybridized carbons (Fsp3) is 1.00. The minimum atomic E-state index is -1.10. The molecule has 0 bridgehead atoms. The highest BCUT2D eigenvalue weighted by Crippen LogP contribution is 2.31. The van der Waals surface area contributed by atoms with Crippen molar-refractivity contribution in [1.29, 1.82) is 0 Å². The second kappa shape index (κ2) is 6.26. The normalized spacial score (nSPS) is 21.2. The number of hydrogen-bond acceptors (Lipinski definition) is 5. The Morgan fingerprint density at radius 1 is 1.29 bits per heavy atom. The van der Waals surface area contributed by atoms with Crippen LogP contribution in [0.5, 0.6) is 0 Å². The Labute approximate surface area is 106 Å². The molecule has 0 radical (unpaired) electrons. The van der Waals surface area contributed by atoms with Crippen LogP contribution in [0.3, 0.4) is 0 Å². The van der Waals surface area contributed by atoms with Crippen LogP contribution in [0.1, 0.15) is 6.92 Å². The first-order valence-electron chi connectivity index (χ1n) is 5.90. The van der Waals surface area contributed by atoms with Gasteiger partial charge in [-0.15, -0.1) is 0 Å². The van der Waals surface area contributed by atoms with E-state index in [2.05, 4.69) is 6.92 Å². The van der Waals surface area contributed by atoms with Crippen molar-refractivity contribution in [2.24, 2.45) is 5.41 Å². The maximum Gasteiger partial charge on any atom is 0.310 e. The molecule has 1 rings (SSSR count). The first-order chi connectivity index (χ1) is 8.05. The molecule has 1 unspecified atom stereocenters. The van der Waals surface area contributed by atoms with Gasteiger partial charge in [0.2, 0.25) is 0 Å². The van der Waals surface area contributed by atoms with Crippen molar-refractivity contribution in [1.82, 2.24) is 0 Å². The lowest BCUT2D eigenvalue weighted by Crippen LogP contribution is -2.53. The van der Waals surface area contributed by atoms with Crippen molar-refractivity contribution < 1.29 is 23.7 Å². The van der Waals surface area contributed by atoms with Crippen LogP contribution in [-0.2, 0) is 23.7 Å². The van der Waals surface area contributed by atoms with Gasteiger partial charge in [0.1, 0.15) is 6.10 Å². The van der Waals surface area contributed by atoms with Crippen LogP contribution in [0.15, 0.2) is 0 Å². The van der Waals surface area contributed by atoms with Crippen molar-refractivity contribution in [3.8, 4) is 0 Å². The Balaban J connectivity index is 2.62. The SMILES string of the molecule is COC(C[SiH3])C(OC)(OC)OCC1(C)COC1. The van der Waals surface area contributed by atoms with E-state index in [1.54, 1.807) is 21.3 Å². The minimum absolute atomic E-state index is 0.0613. The summed E-state index contributed by atoms with van der Waals surface area (Å²) in [7, 11) is 5.79. The lowest BCUT2D eigenvalue weighted by molar-refractivity contribution is -0.406. The molecule has 1 heterocycles. The zero-order valence-corrected chi connectivity index (χ0v) is 13.4. The van der Waals surface area contributed by atoms with E-state index < -0.39 is 5.97 Å². The van der Waals surface area contributed by atoms with Gasteiger partial charge in [-0.2, -0.15) is 0 Å². The molecule has 0 aromatic heterocycles. The monoisotopic (exact) mass is 264 g/mol. The summed E-state index contributed by atoms with van der Waals surface area (Å²) < 4.78 is 27.3. The molecular weight excluding hydrogens is 240 g/mol. The standard InChI is InChI=1S/C11H24O5Si/c1-10(6-15-7-10)8-16-11(13-3,14-4)9(5-17)12-2/h9H,5-8H2,1-4,17H3. The fourth-order valence-corrected chi connectivity index (χ4v) is 2.76. The molecule has 102 valence electrons. The average Bonchev–Trinajstić information content (AvgIpc) is 2.32. The molecule has 0 aliphatic carbocycles. The van der Waals surface area contributed by atoms with E-state index in [0.717, 1.165) is 29.5 Å². The van der Waals surface area contributed by atoms with Crippen LogP contribution in [-0.4, -0.2) is 63.5 Å². The van der Waals surface area contributed by atoms with Gasteiger partial charge in [-0.05, 0) is 6.04 Å². The summed E-state index contributed by atoms with van der Waals surface area (Å²) in [5.74, 6) is -1.10. The van der Waals surface area contributed by atoms with E-state index in [0.29, 0.717) is 6.61 Å². The van der Waals surface area contributed by atoms with Crippen LogP contribution in [0.4, 0.5) is 0 Å². The van der Waals surface area contributed by atoms with Crippen molar-refractivity contribution >= 4 is 10.2 Å². The molecule has 5 nitrogen and oxygen atoms in total. The quantitative estimate of drug-likeness (QED) is 0.448. The molecule has 0 spiro atoms. The third-order valence-electron chi connectivity index (χ3n) is 3.14. The number of ether oxygens (including phenoxy) is 5. The lowest BCUT2D eigenvalue weighted by Gasteiger charge is -2.42. The van der Waals surface area contributed by atoms with Crippen LogP contribution >= 0.6 is 0 Å². The maximum absolute atomic E-state index is 5.85. The Hall–Kier alpha value is 0.0169. The molecule has 0 aromatic carbocycles. The second-order valence-corrected chi connectivity index (χ2v) is 5.55. The third-order valence-corrected chi connectivity index (χ3v) is 3.88. The van der Waals surface area contributed by atoms with E-state index in [1.165, 1.54) is 0 Å². The average molecular weight is 264 g/mol. The summed E-state index contributed by atoms with van der Waals surface area (Å²) in [5, 5.41) is 0. The Kier molecular flexibility index (Phi) is 5.55. The zero-order chi connectivity index (χ0) is 12.9. The molecule has 0 amide bonds. The summed E-state index contributed by atoms with van der Waals surface area (Å²) in [6.45, 7) is 4.09. The van der Waals surface area contributed by atoms with Gasteiger partial charge in [0.15, 0.2) is 0 Å². The van der Waals surface area contributed by atoms with Gasteiger partial charge in [-0.3, -0.25) is 0 Å². The van der Waals surface area contributed by atoms with Gasteiger partial charge >= 0.3 is 5.97 Å². The van der Waals surface area contributed by atoms with E-state index >= 15 is 0 Å². The zero-order valence-electron chi connectivity index (χ0n) is 11.4. The maximum atomic E-state index is 5.85. The van der Waals surface area contributed by atoms with Gasteiger partial charge < -0.3 is 23.7 Å². The fourth-order valence-electron chi connectivity index (χ4n) is 1.93. The largest absolute Gasteiger partial charge is 0.380 e. The number of rotatable bonds is 8. The van der Waals surface area contributed by atoms with Gasteiger partial charge in [0, 0.05) is 37.0 Å². The molecular formula is C11H24O5Si. The first kappa shape index (κ1) is 15.1. The summed E-state index contributed by atoms with van der Waals surface area (Å²) in [6.07, 6.45) is -0.200. The van der Waals surface area contributed by atoms with Crippen molar-refractivity contribution in [2.75, 3.05) is 41.2 Å². The number of hydrogen-bond donors (Lipinski definition) is 0. The lowest BCUT2D eigenvalue weighted by atomic mass is 9.90. The van der Waals surface area contributed by atoms with Gasteiger partial charge in [-0.1, -0.05) is 6.92 Å². The molecule has 0 saturated carbocycles. The summed E-state index contributed by atoms with van der Waals surface area (Å²) in [5.41, 5.74) is 0.0613. The molecule has 17 heavy (non-hydrogen) atoms. The van der Waals surface area contributed by atoms with Crippen molar-refractivity contribution in [2.45, 2.75) is 25.0 Å². The molecule has 1 saturated heterocycles. The third kappa shape index (κ3) is 3.27. The van der Waals surface area contributed by atoms with E-state index in [-0.39, 0.29) is 11.5 Å². The molecule has 0 aromatic rings. The van der Waals surface area contributed by atoms with E-state index in [9.17, 15) is 0 Å². The highest BCUT2D eigenvalue weighted by molar-refractivity contribution is 6.08. The van der Waals surface area contributed by atoms with Crippen molar-refractivity contribution in [3.63, 3.8) is 0 Å². The van der Waals surface area contributed by atoms with Gasteiger partial charge in [0.25, 0.3) is 0 Å². The predicted octanol–water partition coefficient (Wildman–Crippen LogP) is -0.215. The summed E-state index contributed by atoms with van der Waals surface area (Å²) >= 11 is 0. The molecule has 0 N–H and O–H groups in total. The van der Waals surface area contributed by atoms with E-state index in [4.69, 9.17) is 23.7 Å². The molecule has 1 fully saturated rings. The smallest absolute Gasteiger partial charge is 0.310 e. The topological polar surface area (TPSA) is 46.2 Å². The molecule has 1 atom stereocenters. The molecule has 1 aliphatic heterocycles. The summed E-state index contributed by atoms with van der Waals surface area (Å²) in [4.78, 5) is 0. The predicted molar refractivity (Wildman–Crippen MR) is 67.2 cm³/mol. The first-order valence-corrected chi connectivity index (χ1v) is 7.32. The van der Waals surface area contributed by atoms with Crippen molar-refractivity contribution in [3.05, 3.63) is 0 Å². The highest BCUT2D eigenvalue weighted by atomic mass is 28.1. The highest BCUT2D eigenvalue weighted by Gasteiger charge is 2.44. The molecule has 6 heteroatoms. The molecule has 1 aliphatic rings. The van der Waals surface area contributed by atoms with E-state index in [1.807, 2.05) is 0 Å². The van der Waals surface area contributed by atoms with Gasteiger partial charge in [-0.25, -0.2) is 0 Å². The van der Waals surface area contributed by atoms with Crippen LogP contribution in [0, 0.1) is 5.41 Å². The van der Waals surface area contributed by atoms with Crippen LogP contribution < -0.4 is 0 Å². The van der Waals surface area contributed by atoms with Gasteiger partial charge in [0.05, 0.1) is 19.8 Å².